The van der Waals surface area contributed by atoms with Crippen LogP contribution in [0.1, 0.15) is 6.92 Å². The second kappa shape index (κ2) is 17.3. The highest BCUT2D eigenvalue weighted by atomic mass is 16.7. The third-order valence-corrected chi connectivity index (χ3v) is 8.95. The number of aliphatic hydroxyl groups excluding tert-OH is 9. The van der Waals surface area contributed by atoms with Crippen LogP contribution in [0.15, 0.2) is 39.5 Å². The molecule has 21 heteroatoms. The van der Waals surface area contributed by atoms with Gasteiger partial charge in [0.2, 0.25) is 11.2 Å². The molecule has 13 N–H and O–H groups in total. The Kier molecular flexibility index (Phi) is 13.2. The van der Waals surface area contributed by atoms with Crippen molar-refractivity contribution < 1.29 is 99.2 Å². The smallest absolute Gasteiger partial charge is 0.239 e. The summed E-state index contributed by atoms with van der Waals surface area (Å²) < 4.78 is 39.4. The topological polar surface area (TPSA) is 349 Å². The molecule has 2 fully saturated rings. The number of ether oxygens (including phenoxy) is 6. The Morgan fingerprint density at radius 1 is 0.796 bits per heavy atom. The van der Waals surface area contributed by atoms with E-state index in [-0.39, 0.29) is 11.1 Å². The van der Waals surface area contributed by atoms with Gasteiger partial charge in [-0.05, 0) is 25.1 Å². The highest BCUT2D eigenvalue weighted by molar-refractivity contribution is 5.88. The van der Waals surface area contributed by atoms with Gasteiger partial charge in [-0.15, -0.1) is 0 Å². The van der Waals surface area contributed by atoms with E-state index in [0.29, 0.717) is 0 Å². The lowest BCUT2D eigenvalue weighted by molar-refractivity contribution is -0.334. The van der Waals surface area contributed by atoms with Crippen LogP contribution in [0.2, 0.25) is 0 Å². The largest absolute Gasteiger partial charge is 0.508 e. The number of rotatable bonds is 14. The van der Waals surface area contributed by atoms with Crippen molar-refractivity contribution in [3.63, 3.8) is 0 Å². The summed E-state index contributed by atoms with van der Waals surface area (Å²) in [6, 6.07) is 5.18. The fraction of sp³-hybridized carbons (Fsp3) is 0.545. The summed E-state index contributed by atoms with van der Waals surface area (Å²) in [5, 5.41) is 132. The van der Waals surface area contributed by atoms with E-state index in [1.54, 1.807) is 0 Å². The molecule has 0 saturated carbocycles. The summed E-state index contributed by atoms with van der Waals surface area (Å²) in [5.74, 6) is -3.38. The number of aliphatic hydroxyl groups is 9. The third kappa shape index (κ3) is 8.49. The predicted molar refractivity (Wildman–Crippen MR) is 175 cm³/mol. The Labute approximate surface area is 304 Å². The molecule has 5 rings (SSSR count). The van der Waals surface area contributed by atoms with Gasteiger partial charge in [-0.2, -0.15) is 0 Å². The van der Waals surface area contributed by atoms with Crippen LogP contribution in [0.25, 0.3) is 22.3 Å². The van der Waals surface area contributed by atoms with E-state index >= 15 is 0 Å². The average molecular weight is 775 g/mol. The molecule has 0 aliphatic carbocycles. The maximum Gasteiger partial charge on any atom is 0.239 e. The zero-order valence-corrected chi connectivity index (χ0v) is 28.3. The van der Waals surface area contributed by atoms with Crippen molar-refractivity contribution in [1.29, 1.82) is 0 Å². The first-order chi connectivity index (χ1) is 25.6. The monoisotopic (exact) mass is 774 g/mol. The van der Waals surface area contributed by atoms with E-state index in [1.165, 1.54) is 13.0 Å². The fourth-order valence-electron chi connectivity index (χ4n) is 5.88. The molecule has 3 heterocycles. The zero-order valence-electron chi connectivity index (χ0n) is 28.3. The molecule has 2 aliphatic heterocycles. The van der Waals surface area contributed by atoms with Crippen LogP contribution < -0.4 is 10.2 Å². The molecule has 21 nitrogen and oxygen atoms in total. The summed E-state index contributed by atoms with van der Waals surface area (Å²) in [4.78, 5) is 13.7. The van der Waals surface area contributed by atoms with E-state index in [2.05, 4.69) is 0 Å². The first-order valence-electron chi connectivity index (χ1n) is 16.4. The highest BCUT2D eigenvalue weighted by Crippen LogP contribution is 2.38. The maximum atomic E-state index is 13.7. The Morgan fingerprint density at radius 3 is 2.15 bits per heavy atom. The minimum absolute atomic E-state index is 0.0418. The zero-order chi connectivity index (χ0) is 39.6. The van der Waals surface area contributed by atoms with Crippen molar-refractivity contribution in [2.24, 2.45) is 0 Å². The third-order valence-electron chi connectivity index (χ3n) is 8.95. The van der Waals surface area contributed by atoms with Crippen molar-refractivity contribution in [2.75, 3.05) is 26.6 Å². The highest BCUT2D eigenvalue weighted by Gasteiger charge is 2.47. The molecule has 0 radical (unpaired) electrons. The second-order valence-electron chi connectivity index (χ2n) is 12.7. The summed E-state index contributed by atoms with van der Waals surface area (Å²) in [5.41, 5.74) is -1.37. The van der Waals surface area contributed by atoms with Crippen LogP contribution >= 0.6 is 0 Å². The molecular weight excluding hydrogens is 732 g/mol. The average Bonchev–Trinajstić information content (AvgIpc) is 3.14. The van der Waals surface area contributed by atoms with Crippen molar-refractivity contribution in [2.45, 2.75) is 86.6 Å². The lowest BCUT2D eigenvalue weighted by Gasteiger charge is -2.43. The van der Waals surface area contributed by atoms with Crippen molar-refractivity contribution in [1.82, 2.24) is 0 Å². The molecule has 2 saturated heterocycles. The summed E-state index contributed by atoms with van der Waals surface area (Å²) >= 11 is 0. The predicted octanol–water partition coefficient (Wildman–Crippen LogP) is -3.61. The van der Waals surface area contributed by atoms with Crippen LogP contribution in [-0.2, 0) is 23.7 Å². The molecule has 0 spiro atoms. The van der Waals surface area contributed by atoms with Crippen LogP contribution in [0.3, 0.4) is 0 Å². The Hall–Kier alpha value is -3.91. The standard InChI is InChI=1S/C33H42O21/c1-11-22(41)25(44)27(46)32(51-11)48-9-20(30(17(40)7-34)54-33-28(47)26(45)23(42)19(8-35)53-33)49-10-50-31-24(43)21-16(39)5-13(36)6-18(21)52-29(31)12-2-3-14(37)15(38)4-12/h2-6,11,17,19-20,22-23,25-28,30,32-42,44-47H,7-10H2,1H3/t11?,17-,19?,20?,22-,23+,25-,26+,27?,28?,30-,32+,33+/m0/s1. The lowest BCUT2D eigenvalue weighted by Crippen LogP contribution is -2.61. The SMILES string of the molecule is CC1O[C@@H](OCC(OCOc2c(-c3ccc(O)c(O)c3)oc3cc(O)cc(O)c3c2=O)[C@@H](O[C@H]2OC(CO)[C@@H](O)[C@@H](O)C2O)[C@@H](O)CO)C(O)[C@@H](O)[C@H]1O. The summed E-state index contributed by atoms with van der Waals surface area (Å²) in [7, 11) is 0. The van der Waals surface area contributed by atoms with Gasteiger partial charge in [0.15, 0.2) is 36.6 Å². The molecule has 2 aromatic carbocycles. The van der Waals surface area contributed by atoms with E-state index in [1.807, 2.05) is 0 Å². The molecule has 2 aliphatic rings. The van der Waals surface area contributed by atoms with Gasteiger partial charge in [-0.25, -0.2) is 0 Å². The van der Waals surface area contributed by atoms with Gasteiger partial charge in [0, 0.05) is 17.7 Å². The first kappa shape index (κ1) is 41.3. The van der Waals surface area contributed by atoms with Gasteiger partial charge in [0.25, 0.3) is 0 Å². The Bertz CT molecular complexity index is 1780. The lowest BCUT2D eigenvalue weighted by atomic mass is 9.99. The number of hydrogen-bond acceptors (Lipinski definition) is 21. The van der Waals surface area contributed by atoms with Gasteiger partial charge in [0.1, 0.15) is 83.5 Å². The molecule has 54 heavy (non-hydrogen) atoms. The summed E-state index contributed by atoms with van der Waals surface area (Å²) in [6.45, 7) is -2.27. The Morgan fingerprint density at radius 2 is 1.48 bits per heavy atom. The van der Waals surface area contributed by atoms with Crippen LogP contribution in [-0.4, -0.2) is 173 Å². The van der Waals surface area contributed by atoms with Crippen LogP contribution in [0.5, 0.6) is 28.7 Å². The van der Waals surface area contributed by atoms with Gasteiger partial charge in [-0.1, -0.05) is 0 Å². The van der Waals surface area contributed by atoms with Gasteiger partial charge in [-0.3, -0.25) is 4.79 Å². The maximum absolute atomic E-state index is 13.7. The number of phenolic OH excluding ortho intramolecular Hbond substituents is 4. The van der Waals surface area contributed by atoms with Crippen molar-refractivity contribution in [3.8, 4) is 40.1 Å². The first-order valence-corrected chi connectivity index (χ1v) is 16.4. The molecule has 3 aromatic rings. The van der Waals surface area contributed by atoms with Gasteiger partial charge >= 0.3 is 0 Å². The second-order valence-corrected chi connectivity index (χ2v) is 12.7. The van der Waals surface area contributed by atoms with E-state index in [4.69, 9.17) is 32.8 Å². The fourth-order valence-corrected chi connectivity index (χ4v) is 5.88. The van der Waals surface area contributed by atoms with E-state index in [9.17, 15) is 71.2 Å². The Balaban J connectivity index is 1.49. The normalized spacial score (nSPS) is 30.6. The molecule has 0 bridgehead atoms. The quantitative estimate of drug-likeness (QED) is 0.0555. The number of hydrogen-bond donors (Lipinski definition) is 13. The minimum atomic E-state index is -1.99. The molecular formula is C33H42O21. The van der Waals surface area contributed by atoms with Gasteiger partial charge < -0.3 is 99.2 Å². The van der Waals surface area contributed by atoms with E-state index in [0.717, 1.165) is 24.3 Å². The number of phenols is 4. The van der Waals surface area contributed by atoms with Crippen LogP contribution in [0, 0.1) is 0 Å². The molecule has 5 unspecified atom stereocenters. The minimum Gasteiger partial charge on any atom is -0.508 e. The molecule has 13 atom stereocenters. The number of benzene rings is 2. The molecule has 0 amide bonds. The summed E-state index contributed by atoms with van der Waals surface area (Å²) in [6.07, 6.45) is -22.2. The molecule has 1 aromatic heterocycles. The van der Waals surface area contributed by atoms with Crippen LogP contribution in [0.4, 0.5) is 0 Å². The molecule has 300 valence electrons. The van der Waals surface area contributed by atoms with E-state index < -0.39 is 152 Å². The number of aromatic hydroxyl groups is 4. The van der Waals surface area contributed by atoms with Gasteiger partial charge in [0.05, 0.1) is 25.9 Å². The number of fused-ring (bicyclic) bond motifs is 1. The van der Waals surface area contributed by atoms with Crippen molar-refractivity contribution in [3.05, 3.63) is 40.6 Å². The van der Waals surface area contributed by atoms with Crippen molar-refractivity contribution >= 4 is 11.0 Å².